The fraction of sp³-hybridized carbons (Fsp3) is 0.462. The molecule has 2 rings (SSSR count). The van der Waals surface area contributed by atoms with Gasteiger partial charge in [0.15, 0.2) is 6.61 Å². The molecule has 1 aromatic carbocycles. The third-order valence-corrected chi connectivity index (χ3v) is 2.65. The Labute approximate surface area is 101 Å². The molecular formula is C13H17NO3. The zero-order valence-corrected chi connectivity index (χ0v) is 9.85. The lowest BCUT2D eigenvalue weighted by Gasteiger charge is -2.09. The highest BCUT2D eigenvalue weighted by atomic mass is 16.5. The second-order valence-electron chi connectivity index (χ2n) is 4.38. The molecule has 0 heterocycles. The van der Waals surface area contributed by atoms with Crippen molar-refractivity contribution in [3.63, 3.8) is 0 Å². The van der Waals surface area contributed by atoms with Crippen molar-refractivity contribution in [2.24, 2.45) is 0 Å². The summed E-state index contributed by atoms with van der Waals surface area (Å²) in [5.74, 6) is 0.518. The molecule has 0 bridgehead atoms. The van der Waals surface area contributed by atoms with Gasteiger partial charge in [-0.25, -0.2) is 0 Å². The Kier molecular flexibility index (Phi) is 3.64. The number of rotatable bonds is 5. The molecule has 1 saturated carbocycles. The first-order valence-corrected chi connectivity index (χ1v) is 5.85. The summed E-state index contributed by atoms with van der Waals surface area (Å²) in [6.07, 6.45) is 1.62. The Hall–Kier alpha value is -1.55. The van der Waals surface area contributed by atoms with Gasteiger partial charge in [-0.15, -0.1) is 0 Å². The Bertz CT molecular complexity index is 399. The second kappa shape index (κ2) is 5.19. The zero-order chi connectivity index (χ0) is 12.3. The summed E-state index contributed by atoms with van der Waals surface area (Å²) < 4.78 is 5.36. The maximum Gasteiger partial charge on any atom is 0.258 e. The molecule has 1 aliphatic rings. The summed E-state index contributed by atoms with van der Waals surface area (Å²) in [6.45, 7) is 1.72. The third-order valence-electron chi connectivity index (χ3n) is 2.65. The minimum Gasteiger partial charge on any atom is -0.484 e. The maximum atomic E-state index is 11.4. The zero-order valence-electron chi connectivity index (χ0n) is 9.85. The van der Waals surface area contributed by atoms with Crippen LogP contribution < -0.4 is 10.1 Å². The van der Waals surface area contributed by atoms with Gasteiger partial charge in [0.1, 0.15) is 5.75 Å². The van der Waals surface area contributed by atoms with Crippen LogP contribution in [0, 0.1) is 0 Å². The van der Waals surface area contributed by atoms with E-state index < -0.39 is 6.10 Å². The fourth-order valence-electron chi connectivity index (χ4n) is 1.51. The lowest BCUT2D eigenvalue weighted by atomic mass is 10.1. The van der Waals surface area contributed by atoms with Crippen molar-refractivity contribution in [2.75, 3.05) is 6.61 Å². The van der Waals surface area contributed by atoms with E-state index in [4.69, 9.17) is 4.74 Å². The summed E-state index contributed by atoms with van der Waals surface area (Å²) >= 11 is 0. The van der Waals surface area contributed by atoms with E-state index in [9.17, 15) is 9.90 Å². The number of hydrogen-bond donors (Lipinski definition) is 2. The van der Waals surface area contributed by atoms with Gasteiger partial charge in [0, 0.05) is 6.04 Å². The molecule has 1 fully saturated rings. The number of aliphatic hydroxyl groups excluding tert-OH is 1. The van der Waals surface area contributed by atoms with Gasteiger partial charge in [0.2, 0.25) is 0 Å². The van der Waals surface area contributed by atoms with Gasteiger partial charge in [0.05, 0.1) is 6.10 Å². The second-order valence-corrected chi connectivity index (χ2v) is 4.38. The Morgan fingerprint density at radius 2 is 2.35 bits per heavy atom. The molecule has 1 amide bonds. The number of carbonyl (C=O) groups is 1. The molecule has 1 aliphatic carbocycles. The highest BCUT2D eigenvalue weighted by molar-refractivity contribution is 5.78. The summed E-state index contributed by atoms with van der Waals surface area (Å²) in [7, 11) is 0. The molecule has 0 saturated heterocycles. The number of carbonyl (C=O) groups excluding carboxylic acids is 1. The topological polar surface area (TPSA) is 58.6 Å². The molecule has 0 radical (unpaired) electrons. The molecule has 17 heavy (non-hydrogen) atoms. The molecule has 92 valence electrons. The number of amides is 1. The molecule has 4 nitrogen and oxygen atoms in total. The van der Waals surface area contributed by atoms with E-state index in [1.807, 2.05) is 6.07 Å². The molecule has 0 unspecified atom stereocenters. The molecule has 0 aromatic heterocycles. The van der Waals surface area contributed by atoms with Gasteiger partial charge in [0.25, 0.3) is 5.91 Å². The van der Waals surface area contributed by atoms with Crippen LogP contribution in [0.15, 0.2) is 24.3 Å². The van der Waals surface area contributed by atoms with Crippen molar-refractivity contribution in [2.45, 2.75) is 31.9 Å². The highest BCUT2D eigenvalue weighted by Crippen LogP contribution is 2.20. The standard InChI is InChI=1S/C13H17NO3/c1-9(15)10-3-2-4-12(7-10)17-8-13(16)14-11-5-6-11/h2-4,7,9,11,15H,5-6,8H2,1H3,(H,14,16)/t9-/m0/s1. The molecule has 0 spiro atoms. The average molecular weight is 235 g/mol. The first-order chi connectivity index (χ1) is 8.15. The smallest absolute Gasteiger partial charge is 0.258 e. The normalized spacial score (nSPS) is 16.4. The van der Waals surface area contributed by atoms with Crippen molar-refractivity contribution in [1.82, 2.24) is 5.32 Å². The molecule has 1 atom stereocenters. The molecule has 4 heteroatoms. The Morgan fingerprint density at radius 1 is 1.59 bits per heavy atom. The van der Waals surface area contributed by atoms with Crippen LogP contribution in [0.1, 0.15) is 31.4 Å². The first kappa shape index (κ1) is 11.9. The maximum absolute atomic E-state index is 11.4. The number of ether oxygens (including phenoxy) is 1. The van der Waals surface area contributed by atoms with E-state index in [-0.39, 0.29) is 12.5 Å². The van der Waals surface area contributed by atoms with Crippen molar-refractivity contribution in [1.29, 1.82) is 0 Å². The molecular weight excluding hydrogens is 218 g/mol. The van der Waals surface area contributed by atoms with Crippen molar-refractivity contribution >= 4 is 5.91 Å². The largest absolute Gasteiger partial charge is 0.484 e. The van der Waals surface area contributed by atoms with Crippen LogP contribution >= 0.6 is 0 Å². The first-order valence-electron chi connectivity index (χ1n) is 5.85. The monoisotopic (exact) mass is 235 g/mol. The van der Waals surface area contributed by atoms with Crippen molar-refractivity contribution in [3.8, 4) is 5.75 Å². The van der Waals surface area contributed by atoms with E-state index >= 15 is 0 Å². The van der Waals surface area contributed by atoms with Crippen LogP contribution in [0.3, 0.4) is 0 Å². The minimum absolute atomic E-state index is 0.0275. The average Bonchev–Trinajstić information content (AvgIpc) is 3.11. The number of nitrogens with one attached hydrogen (secondary N) is 1. The van der Waals surface area contributed by atoms with Crippen LogP contribution in [0.25, 0.3) is 0 Å². The SMILES string of the molecule is C[C@H](O)c1cccc(OCC(=O)NC2CC2)c1. The van der Waals surface area contributed by atoms with Gasteiger partial charge >= 0.3 is 0 Å². The van der Waals surface area contributed by atoms with Crippen LogP contribution in [-0.2, 0) is 4.79 Å². The van der Waals surface area contributed by atoms with Crippen LogP contribution in [0.2, 0.25) is 0 Å². The van der Waals surface area contributed by atoms with Crippen LogP contribution in [-0.4, -0.2) is 23.7 Å². The lowest BCUT2D eigenvalue weighted by molar-refractivity contribution is -0.123. The fourth-order valence-corrected chi connectivity index (χ4v) is 1.51. The predicted molar refractivity (Wildman–Crippen MR) is 63.7 cm³/mol. The third kappa shape index (κ3) is 3.75. The van der Waals surface area contributed by atoms with E-state index in [1.54, 1.807) is 25.1 Å². The lowest BCUT2D eigenvalue weighted by Crippen LogP contribution is -2.30. The van der Waals surface area contributed by atoms with Crippen molar-refractivity contribution in [3.05, 3.63) is 29.8 Å². The predicted octanol–water partition coefficient (Wildman–Crippen LogP) is 1.40. The quantitative estimate of drug-likeness (QED) is 0.811. The van der Waals surface area contributed by atoms with Gasteiger partial charge in [-0.3, -0.25) is 4.79 Å². The van der Waals surface area contributed by atoms with Gasteiger partial charge in [-0.2, -0.15) is 0 Å². The van der Waals surface area contributed by atoms with Crippen LogP contribution in [0.5, 0.6) is 5.75 Å². The Balaban J connectivity index is 1.84. The molecule has 2 N–H and O–H groups in total. The van der Waals surface area contributed by atoms with Gasteiger partial charge in [-0.05, 0) is 37.5 Å². The number of hydrogen-bond acceptors (Lipinski definition) is 3. The van der Waals surface area contributed by atoms with E-state index in [2.05, 4.69) is 5.32 Å². The molecule has 1 aromatic rings. The number of benzene rings is 1. The van der Waals surface area contributed by atoms with E-state index in [0.29, 0.717) is 11.8 Å². The van der Waals surface area contributed by atoms with Crippen molar-refractivity contribution < 1.29 is 14.6 Å². The minimum atomic E-state index is -0.529. The van der Waals surface area contributed by atoms with Crippen LogP contribution in [0.4, 0.5) is 0 Å². The van der Waals surface area contributed by atoms with Gasteiger partial charge in [-0.1, -0.05) is 12.1 Å². The summed E-state index contributed by atoms with van der Waals surface area (Å²) in [5.41, 5.74) is 0.783. The highest BCUT2D eigenvalue weighted by Gasteiger charge is 2.23. The van der Waals surface area contributed by atoms with Gasteiger partial charge < -0.3 is 15.2 Å². The molecule has 0 aliphatic heterocycles. The Morgan fingerprint density at radius 3 is 3.00 bits per heavy atom. The summed E-state index contributed by atoms with van der Waals surface area (Å²) in [5, 5.41) is 12.3. The van der Waals surface area contributed by atoms with E-state index in [0.717, 1.165) is 18.4 Å². The van der Waals surface area contributed by atoms with E-state index in [1.165, 1.54) is 0 Å². The summed E-state index contributed by atoms with van der Waals surface area (Å²) in [6, 6.07) is 7.50. The summed E-state index contributed by atoms with van der Waals surface area (Å²) in [4.78, 5) is 11.4. The number of aliphatic hydroxyl groups is 1.